The molecule has 4 nitrogen and oxygen atoms in total. The lowest BCUT2D eigenvalue weighted by atomic mass is 9.89. The van der Waals surface area contributed by atoms with Gasteiger partial charge in [0.25, 0.3) is 0 Å². The summed E-state index contributed by atoms with van der Waals surface area (Å²) in [6, 6.07) is 8.06. The number of nitrogens with one attached hydrogen (secondary N) is 1. The highest BCUT2D eigenvalue weighted by Gasteiger charge is 2.48. The topological polar surface area (TPSA) is 41.6 Å². The Morgan fingerprint density at radius 3 is 2.78 bits per heavy atom. The highest BCUT2D eigenvalue weighted by atomic mass is 16.6. The van der Waals surface area contributed by atoms with Crippen LogP contribution in [-0.2, 0) is 4.74 Å². The van der Waals surface area contributed by atoms with Crippen LogP contribution >= 0.6 is 0 Å². The number of cyclic esters (lactones) is 1. The van der Waals surface area contributed by atoms with Crippen molar-refractivity contribution in [2.24, 2.45) is 0 Å². The van der Waals surface area contributed by atoms with Gasteiger partial charge in [-0.15, -0.1) is 0 Å². The van der Waals surface area contributed by atoms with Crippen molar-refractivity contribution < 1.29 is 9.53 Å². The maximum Gasteiger partial charge on any atom is 0.415 e. The molecule has 0 radical (unpaired) electrons. The lowest BCUT2D eigenvalue weighted by Gasteiger charge is -2.38. The summed E-state index contributed by atoms with van der Waals surface area (Å²) in [6.07, 6.45) is 1.86. The van der Waals surface area contributed by atoms with Crippen LogP contribution in [0.25, 0.3) is 0 Å². The van der Waals surface area contributed by atoms with Gasteiger partial charge in [-0.2, -0.15) is 0 Å². The molecule has 3 rings (SSSR count). The number of piperidine rings is 1. The molecule has 1 aromatic carbocycles. The molecule has 0 saturated carbocycles. The van der Waals surface area contributed by atoms with Gasteiger partial charge in [-0.05, 0) is 38.4 Å². The van der Waals surface area contributed by atoms with Gasteiger partial charge in [0.1, 0.15) is 6.61 Å². The zero-order valence-electron chi connectivity index (χ0n) is 10.6. The summed E-state index contributed by atoms with van der Waals surface area (Å²) in [5, 5.41) is 3.38. The Bertz CT molecular complexity index is 449. The molecular weight excluding hydrogens is 228 g/mol. The van der Waals surface area contributed by atoms with Crippen molar-refractivity contribution >= 4 is 11.8 Å². The minimum Gasteiger partial charge on any atom is -0.447 e. The number of aryl methyl sites for hydroxylation is 1. The summed E-state index contributed by atoms with van der Waals surface area (Å²) in [5.41, 5.74) is 1.94. The largest absolute Gasteiger partial charge is 0.447 e. The van der Waals surface area contributed by atoms with E-state index in [9.17, 15) is 4.79 Å². The second kappa shape index (κ2) is 4.28. The molecule has 2 aliphatic rings. The van der Waals surface area contributed by atoms with Crippen molar-refractivity contribution in [1.82, 2.24) is 5.32 Å². The maximum atomic E-state index is 12.0. The molecule has 2 fully saturated rings. The van der Waals surface area contributed by atoms with Crippen LogP contribution < -0.4 is 10.2 Å². The van der Waals surface area contributed by atoms with Gasteiger partial charge in [0.15, 0.2) is 0 Å². The second-order valence-corrected chi connectivity index (χ2v) is 5.23. The Kier molecular flexibility index (Phi) is 2.74. The standard InChI is InChI=1S/C14H18N2O2/c1-11-3-5-12(6-4-11)16-13(17)18-10-14(16)7-2-8-15-9-14/h3-6,15H,2,7-10H2,1H3. The van der Waals surface area contributed by atoms with E-state index in [2.05, 4.69) is 5.32 Å². The lowest BCUT2D eigenvalue weighted by Crippen LogP contribution is -2.57. The van der Waals surface area contributed by atoms with Gasteiger partial charge >= 0.3 is 6.09 Å². The van der Waals surface area contributed by atoms with Crippen molar-refractivity contribution in [2.45, 2.75) is 25.3 Å². The van der Waals surface area contributed by atoms with E-state index >= 15 is 0 Å². The van der Waals surface area contributed by atoms with E-state index in [1.165, 1.54) is 5.56 Å². The van der Waals surface area contributed by atoms with Crippen LogP contribution in [0.3, 0.4) is 0 Å². The molecular formula is C14H18N2O2. The van der Waals surface area contributed by atoms with E-state index in [1.54, 1.807) is 0 Å². The predicted molar refractivity (Wildman–Crippen MR) is 69.8 cm³/mol. The third-order valence-electron chi connectivity index (χ3n) is 3.86. The number of anilines is 1. The van der Waals surface area contributed by atoms with Crippen LogP contribution in [0, 0.1) is 6.92 Å². The molecule has 1 aromatic rings. The number of carbonyl (C=O) groups excluding carboxylic acids is 1. The van der Waals surface area contributed by atoms with Gasteiger partial charge in [-0.1, -0.05) is 17.7 Å². The number of nitrogens with zero attached hydrogens (tertiary/aromatic N) is 1. The van der Waals surface area contributed by atoms with E-state index in [0.29, 0.717) is 6.61 Å². The fourth-order valence-electron chi connectivity index (χ4n) is 2.86. The molecule has 96 valence electrons. The average Bonchev–Trinajstić information content (AvgIpc) is 2.69. The smallest absolute Gasteiger partial charge is 0.415 e. The number of rotatable bonds is 1. The Morgan fingerprint density at radius 1 is 1.33 bits per heavy atom. The molecule has 2 saturated heterocycles. The van der Waals surface area contributed by atoms with Crippen LogP contribution in [0.1, 0.15) is 18.4 Å². The minimum atomic E-state index is -0.220. The lowest BCUT2D eigenvalue weighted by molar-refractivity contribution is 0.167. The second-order valence-electron chi connectivity index (χ2n) is 5.23. The number of hydrogen-bond acceptors (Lipinski definition) is 3. The Balaban J connectivity index is 1.96. The fourth-order valence-corrected chi connectivity index (χ4v) is 2.86. The Labute approximate surface area is 107 Å². The van der Waals surface area contributed by atoms with Gasteiger partial charge < -0.3 is 10.1 Å². The van der Waals surface area contributed by atoms with E-state index in [1.807, 2.05) is 36.1 Å². The summed E-state index contributed by atoms with van der Waals surface area (Å²) in [6.45, 7) is 4.38. The zero-order chi connectivity index (χ0) is 12.6. The molecule has 0 bridgehead atoms. The van der Waals surface area contributed by atoms with E-state index in [-0.39, 0.29) is 11.6 Å². The first-order valence-corrected chi connectivity index (χ1v) is 6.46. The predicted octanol–water partition coefficient (Wildman–Crippen LogP) is 2.07. The highest BCUT2D eigenvalue weighted by molar-refractivity contribution is 5.91. The quantitative estimate of drug-likeness (QED) is 0.824. The van der Waals surface area contributed by atoms with Crippen LogP contribution in [0.2, 0.25) is 0 Å². The van der Waals surface area contributed by atoms with Crippen molar-refractivity contribution in [2.75, 3.05) is 24.6 Å². The maximum absolute atomic E-state index is 12.0. The number of amides is 1. The molecule has 1 amide bonds. The molecule has 18 heavy (non-hydrogen) atoms. The number of carbonyl (C=O) groups is 1. The van der Waals surface area contributed by atoms with Gasteiger partial charge in [0.05, 0.1) is 5.54 Å². The molecule has 2 heterocycles. The first-order valence-electron chi connectivity index (χ1n) is 6.46. The zero-order valence-corrected chi connectivity index (χ0v) is 10.6. The summed E-state index contributed by atoms with van der Waals surface area (Å²) in [5.74, 6) is 0. The SMILES string of the molecule is Cc1ccc(N2C(=O)OCC23CCCNC3)cc1. The van der Waals surface area contributed by atoms with Gasteiger partial charge in [0, 0.05) is 12.2 Å². The molecule has 0 aliphatic carbocycles. The third-order valence-corrected chi connectivity index (χ3v) is 3.86. The van der Waals surface area contributed by atoms with E-state index in [4.69, 9.17) is 4.74 Å². The summed E-state index contributed by atoms with van der Waals surface area (Å²) < 4.78 is 5.29. The van der Waals surface area contributed by atoms with Gasteiger partial charge in [-0.3, -0.25) is 4.90 Å². The highest BCUT2D eigenvalue weighted by Crippen LogP contribution is 2.35. The fraction of sp³-hybridized carbons (Fsp3) is 0.500. The molecule has 2 aliphatic heterocycles. The van der Waals surface area contributed by atoms with E-state index in [0.717, 1.165) is 31.6 Å². The normalized spacial score (nSPS) is 27.6. The molecule has 1 N–H and O–H groups in total. The van der Waals surface area contributed by atoms with E-state index < -0.39 is 0 Å². The van der Waals surface area contributed by atoms with Crippen LogP contribution in [-0.4, -0.2) is 31.3 Å². The first-order chi connectivity index (χ1) is 8.71. The molecule has 0 aromatic heterocycles. The number of ether oxygens (including phenoxy) is 1. The number of benzene rings is 1. The summed E-state index contributed by atoms with van der Waals surface area (Å²) >= 11 is 0. The third kappa shape index (κ3) is 1.77. The van der Waals surface area contributed by atoms with Crippen LogP contribution in [0.5, 0.6) is 0 Å². The van der Waals surface area contributed by atoms with Crippen LogP contribution in [0.4, 0.5) is 10.5 Å². The number of hydrogen-bond donors (Lipinski definition) is 1. The summed E-state index contributed by atoms with van der Waals surface area (Å²) in [7, 11) is 0. The first kappa shape index (κ1) is 11.5. The molecule has 4 heteroatoms. The van der Waals surface area contributed by atoms with Crippen LogP contribution in [0.15, 0.2) is 24.3 Å². The Morgan fingerprint density at radius 2 is 2.11 bits per heavy atom. The molecule has 1 spiro atoms. The molecule has 1 unspecified atom stereocenters. The minimum absolute atomic E-state index is 0.190. The van der Waals surface area contributed by atoms with Crippen molar-refractivity contribution in [3.8, 4) is 0 Å². The molecule has 1 atom stereocenters. The monoisotopic (exact) mass is 246 g/mol. The summed E-state index contributed by atoms with van der Waals surface area (Å²) in [4.78, 5) is 13.8. The Hall–Kier alpha value is -1.55. The van der Waals surface area contributed by atoms with Crippen molar-refractivity contribution in [3.63, 3.8) is 0 Å². The van der Waals surface area contributed by atoms with Crippen molar-refractivity contribution in [3.05, 3.63) is 29.8 Å². The van der Waals surface area contributed by atoms with Gasteiger partial charge in [-0.25, -0.2) is 4.79 Å². The van der Waals surface area contributed by atoms with Gasteiger partial charge in [0.2, 0.25) is 0 Å². The van der Waals surface area contributed by atoms with Crippen molar-refractivity contribution in [1.29, 1.82) is 0 Å². The average molecular weight is 246 g/mol.